The topological polar surface area (TPSA) is 60.1 Å². The smallest absolute Gasteiger partial charge is 0.265 e. The normalized spacial score (nSPS) is 13.3. The van der Waals surface area contributed by atoms with Crippen LogP contribution in [0.15, 0.2) is 65.1 Å². The molecule has 1 saturated heterocycles. The van der Waals surface area contributed by atoms with E-state index in [1.807, 2.05) is 55.2 Å². The molecule has 4 aromatic rings. The molecule has 3 heterocycles. The van der Waals surface area contributed by atoms with E-state index in [0.717, 1.165) is 60.2 Å². The van der Waals surface area contributed by atoms with Crippen molar-refractivity contribution in [1.82, 2.24) is 19.2 Å². The van der Waals surface area contributed by atoms with E-state index in [1.54, 1.807) is 33.6 Å². The van der Waals surface area contributed by atoms with Crippen molar-refractivity contribution >= 4 is 35.2 Å². The van der Waals surface area contributed by atoms with Crippen molar-refractivity contribution in [1.29, 1.82) is 0 Å². The highest BCUT2D eigenvalue weighted by atomic mass is 35.5. The Labute approximate surface area is 257 Å². The molecule has 0 aliphatic carbocycles. The Bertz CT molecular complexity index is 1680. The van der Waals surface area contributed by atoms with Crippen LogP contribution in [0.5, 0.6) is 0 Å². The Hall–Kier alpha value is -3.61. The average Bonchev–Trinajstić information content (AvgIpc) is 3.38. The number of nitrogens with zero attached hydrogens (tertiary/aromatic N) is 4. The molecule has 0 atom stereocenters. The lowest BCUT2D eigenvalue weighted by Gasteiger charge is -2.28. The summed E-state index contributed by atoms with van der Waals surface area (Å²) in [7, 11) is 0. The third-order valence-corrected chi connectivity index (χ3v) is 8.27. The fourth-order valence-corrected chi connectivity index (χ4v) is 6.00. The van der Waals surface area contributed by atoms with E-state index < -0.39 is 0 Å². The van der Waals surface area contributed by atoms with Crippen molar-refractivity contribution in [3.8, 4) is 22.6 Å². The lowest BCUT2D eigenvalue weighted by molar-refractivity contribution is 0.0723. The Morgan fingerprint density at radius 2 is 1.60 bits per heavy atom. The highest BCUT2D eigenvalue weighted by molar-refractivity contribution is 6.33. The minimum atomic E-state index is -0.267. The maximum absolute atomic E-state index is 14.7. The van der Waals surface area contributed by atoms with Crippen LogP contribution in [0.4, 0.5) is 0 Å². The number of hydrogen-bond donors (Lipinski definition) is 0. The molecular formula is C34H36Cl2N4O2. The number of pyridine rings is 1. The van der Waals surface area contributed by atoms with Gasteiger partial charge in [0.2, 0.25) is 0 Å². The fourth-order valence-electron chi connectivity index (χ4n) is 5.64. The van der Waals surface area contributed by atoms with Gasteiger partial charge in [-0.2, -0.15) is 5.10 Å². The molecule has 2 aromatic heterocycles. The molecule has 1 aliphatic heterocycles. The molecule has 42 heavy (non-hydrogen) atoms. The monoisotopic (exact) mass is 602 g/mol. The van der Waals surface area contributed by atoms with Crippen LogP contribution in [-0.4, -0.2) is 38.2 Å². The molecule has 0 radical (unpaired) electrons. The third-order valence-electron chi connectivity index (χ3n) is 7.74. The summed E-state index contributed by atoms with van der Waals surface area (Å²) in [6.45, 7) is 9.51. The quantitative estimate of drug-likeness (QED) is 0.214. The zero-order valence-electron chi connectivity index (χ0n) is 24.6. The summed E-state index contributed by atoms with van der Waals surface area (Å²) in [4.78, 5) is 30.8. The highest BCUT2D eigenvalue weighted by Gasteiger charge is 2.28. The molecule has 0 bridgehead atoms. The second-order valence-corrected chi connectivity index (χ2v) is 11.8. The lowest BCUT2D eigenvalue weighted by Crippen LogP contribution is -2.37. The number of hydrogen-bond acceptors (Lipinski definition) is 3. The van der Waals surface area contributed by atoms with E-state index in [-0.39, 0.29) is 17.0 Å². The van der Waals surface area contributed by atoms with E-state index in [1.165, 1.54) is 0 Å². The number of amides is 1. The molecule has 5 rings (SSSR count). The minimum absolute atomic E-state index is 0.0857. The second-order valence-electron chi connectivity index (χ2n) is 11.0. The molecule has 1 amide bonds. The Morgan fingerprint density at radius 1 is 0.952 bits per heavy atom. The van der Waals surface area contributed by atoms with E-state index in [0.29, 0.717) is 40.1 Å². The first-order valence-electron chi connectivity index (χ1n) is 14.6. The standard InChI is InChI=1S/C34H36Cl2N4O2/c1-5-23-11-10-12-24(6-2)32(23)40-30(19-22(3)4)27(33(41)38-17-8-7-9-18-38)20-28(34(40)42)31-29(36)21-39(37-31)26-15-13-25(35)14-16-26/h10-16,19-21H,5-9,17-18H2,1-4H3. The molecule has 1 fully saturated rings. The van der Waals surface area contributed by atoms with Gasteiger partial charge in [0.25, 0.3) is 11.5 Å². The number of rotatable bonds is 7. The molecule has 6 nitrogen and oxygen atoms in total. The van der Waals surface area contributed by atoms with Gasteiger partial charge >= 0.3 is 0 Å². The number of carbonyl (C=O) groups is 1. The number of benzene rings is 2. The summed E-state index contributed by atoms with van der Waals surface area (Å²) in [5.41, 5.74) is 6.03. The summed E-state index contributed by atoms with van der Waals surface area (Å²) in [5.74, 6) is -0.0857. The Morgan fingerprint density at radius 3 is 2.19 bits per heavy atom. The van der Waals surface area contributed by atoms with Crippen LogP contribution in [0.3, 0.4) is 0 Å². The van der Waals surface area contributed by atoms with Gasteiger partial charge < -0.3 is 4.90 Å². The van der Waals surface area contributed by atoms with Crippen LogP contribution in [0.25, 0.3) is 28.7 Å². The van der Waals surface area contributed by atoms with Crippen LogP contribution in [-0.2, 0) is 12.8 Å². The average molecular weight is 604 g/mol. The molecule has 0 saturated carbocycles. The number of carbonyl (C=O) groups excluding carboxylic acids is 1. The van der Waals surface area contributed by atoms with Crippen LogP contribution in [0.1, 0.15) is 74.1 Å². The van der Waals surface area contributed by atoms with Crippen molar-refractivity contribution < 1.29 is 4.79 Å². The van der Waals surface area contributed by atoms with Crippen LogP contribution in [0.2, 0.25) is 10.0 Å². The van der Waals surface area contributed by atoms with Gasteiger partial charge in [0.15, 0.2) is 0 Å². The molecule has 218 valence electrons. The van der Waals surface area contributed by atoms with Crippen molar-refractivity contribution in [2.24, 2.45) is 0 Å². The number of piperidine rings is 1. The summed E-state index contributed by atoms with van der Waals surface area (Å²) in [6, 6.07) is 15.0. The van der Waals surface area contributed by atoms with Crippen molar-refractivity contribution in [2.75, 3.05) is 13.1 Å². The number of halogens is 2. The van der Waals surface area contributed by atoms with Crippen LogP contribution in [0, 0.1) is 0 Å². The van der Waals surface area contributed by atoms with Gasteiger partial charge in [-0.05, 0) is 93.5 Å². The Balaban J connectivity index is 1.85. The lowest BCUT2D eigenvalue weighted by atomic mass is 9.99. The molecule has 0 unspecified atom stereocenters. The maximum atomic E-state index is 14.7. The van der Waals surface area contributed by atoms with Gasteiger partial charge in [-0.3, -0.25) is 14.2 Å². The summed E-state index contributed by atoms with van der Waals surface area (Å²) >= 11 is 12.9. The van der Waals surface area contributed by atoms with Gasteiger partial charge in [-0.25, -0.2) is 4.68 Å². The van der Waals surface area contributed by atoms with E-state index in [9.17, 15) is 9.59 Å². The number of aromatic nitrogens is 3. The summed E-state index contributed by atoms with van der Waals surface area (Å²) in [5, 5.41) is 5.68. The zero-order chi connectivity index (χ0) is 30.0. The van der Waals surface area contributed by atoms with Crippen molar-refractivity contribution in [3.63, 3.8) is 0 Å². The second kappa shape index (κ2) is 12.7. The number of aryl methyl sites for hydroxylation is 2. The van der Waals surface area contributed by atoms with E-state index in [2.05, 4.69) is 13.8 Å². The number of para-hydroxylation sites is 1. The zero-order valence-corrected chi connectivity index (χ0v) is 26.1. The number of likely N-dealkylation sites (tertiary alicyclic amines) is 1. The van der Waals surface area contributed by atoms with E-state index in [4.69, 9.17) is 28.3 Å². The molecule has 0 spiro atoms. The largest absolute Gasteiger partial charge is 0.339 e. The first kappa shape index (κ1) is 29.9. The molecule has 1 aliphatic rings. The molecular weight excluding hydrogens is 567 g/mol. The fraction of sp³-hybridized carbons (Fsp3) is 0.324. The van der Waals surface area contributed by atoms with Crippen LogP contribution < -0.4 is 5.56 Å². The van der Waals surface area contributed by atoms with Gasteiger partial charge in [0, 0.05) is 18.1 Å². The summed E-state index contributed by atoms with van der Waals surface area (Å²) in [6.07, 6.45) is 8.12. The van der Waals surface area contributed by atoms with Gasteiger partial charge in [-0.15, -0.1) is 0 Å². The maximum Gasteiger partial charge on any atom is 0.265 e. The first-order valence-corrected chi connectivity index (χ1v) is 15.4. The van der Waals surface area contributed by atoms with Gasteiger partial charge in [0.05, 0.1) is 39.4 Å². The number of allylic oxidation sites excluding steroid dienone is 1. The molecule has 8 heteroatoms. The minimum Gasteiger partial charge on any atom is -0.339 e. The predicted molar refractivity (Wildman–Crippen MR) is 172 cm³/mol. The highest BCUT2D eigenvalue weighted by Crippen LogP contribution is 2.32. The van der Waals surface area contributed by atoms with Crippen molar-refractivity contribution in [3.05, 3.63) is 103 Å². The van der Waals surface area contributed by atoms with E-state index >= 15 is 0 Å². The molecule has 2 aromatic carbocycles. The summed E-state index contributed by atoms with van der Waals surface area (Å²) < 4.78 is 3.36. The van der Waals surface area contributed by atoms with Gasteiger partial charge in [0.1, 0.15) is 5.69 Å². The molecule has 0 N–H and O–H groups in total. The van der Waals surface area contributed by atoms with Gasteiger partial charge in [-0.1, -0.05) is 60.8 Å². The van der Waals surface area contributed by atoms with Crippen molar-refractivity contribution in [2.45, 2.75) is 59.8 Å². The first-order chi connectivity index (χ1) is 20.2. The third kappa shape index (κ3) is 5.83. The predicted octanol–water partition coefficient (Wildman–Crippen LogP) is 8.17. The SMILES string of the molecule is CCc1cccc(CC)c1-n1c(C=C(C)C)c(C(=O)N2CCCCC2)cc(-c2nn(-c3ccc(Cl)cc3)cc2Cl)c1=O. The van der Waals surface area contributed by atoms with Crippen LogP contribution >= 0.6 is 23.2 Å². The Kier molecular flexibility index (Phi) is 9.05.